The predicted octanol–water partition coefficient (Wildman–Crippen LogP) is 2.23. The van der Waals surface area contributed by atoms with Gasteiger partial charge in [0.05, 0.1) is 17.3 Å². The number of nitrogens with zero attached hydrogens (tertiary/aromatic N) is 3. The average molecular weight is 288 g/mol. The molecule has 1 amide bonds. The third-order valence-corrected chi connectivity index (χ3v) is 4.49. The van der Waals surface area contributed by atoms with Gasteiger partial charge in [0.25, 0.3) is 5.91 Å². The van der Waals surface area contributed by atoms with Crippen molar-refractivity contribution >= 4 is 5.91 Å². The Morgan fingerprint density at radius 3 is 2.71 bits per heavy atom. The van der Waals surface area contributed by atoms with Gasteiger partial charge in [-0.3, -0.25) is 4.79 Å². The number of likely N-dealkylation sites (tertiary alicyclic amines) is 1. The number of aromatic nitrogens is 2. The van der Waals surface area contributed by atoms with Crippen LogP contribution in [0.5, 0.6) is 0 Å². The molecule has 0 aliphatic carbocycles. The van der Waals surface area contributed by atoms with Crippen LogP contribution in [-0.2, 0) is 0 Å². The summed E-state index contributed by atoms with van der Waals surface area (Å²) in [6.45, 7) is 4.68. The second-order valence-corrected chi connectivity index (χ2v) is 6.08. The van der Waals surface area contributed by atoms with E-state index in [2.05, 4.69) is 15.3 Å². The van der Waals surface area contributed by atoms with E-state index >= 15 is 0 Å². The second-order valence-electron chi connectivity index (χ2n) is 6.08. The Labute approximate surface area is 126 Å². The maximum atomic E-state index is 12.5. The first-order valence-electron chi connectivity index (χ1n) is 8.12. The van der Waals surface area contributed by atoms with Crippen LogP contribution in [0, 0.1) is 6.92 Å². The summed E-state index contributed by atoms with van der Waals surface area (Å²) >= 11 is 0. The molecule has 2 aliphatic heterocycles. The minimum Gasteiger partial charge on any atom is -0.339 e. The van der Waals surface area contributed by atoms with Crippen LogP contribution in [-0.4, -0.2) is 40.4 Å². The van der Waals surface area contributed by atoms with Gasteiger partial charge in [-0.2, -0.15) is 0 Å². The topological polar surface area (TPSA) is 58.1 Å². The van der Waals surface area contributed by atoms with Crippen molar-refractivity contribution in [1.29, 1.82) is 0 Å². The van der Waals surface area contributed by atoms with Gasteiger partial charge in [-0.25, -0.2) is 9.97 Å². The van der Waals surface area contributed by atoms with E-state index < -0.39 is 0 Å². The summed E-state index contributed by atoms with van der Waals surface area (Å²) in [5, 5.41) is 3.45. The summed E-state index contributed by atoms with van der Waals surface area (Å²) in [5.74, 6) is 0.928. The minimum atomic E-state index is 0.0929. The molecule has 5 heteroatoms. The molecule has 3 rings (SSSR count). The molecule has 5 nitrogen and oxygen atoms in total. The van der Waals surface area contributed by atoms with Crippen molar-refractivity contribution < 1.29 is 4.79 Å². The lowest BCUT2D eigenvalue weighted by Crippen LogP contribution is -2.36. The normalized spacial score (nSPS) is 23.1. The molecular weight excluding hydrogens is 264 g/mol. The first-order chi connectivity index (χ1) is 10.3. The smallest absolute Gasteiger partial charge is 0.257 e. The molecular formula is C16H24N4O. The summed E-state index contributed by atoms with van der Waals surface area (Å²) in [7, 11) is 0. The number of carbonyl (C=O) groups is 1. The molecule has 21 heavy (non-hydrogen) atoms. The summed E-state index contributed by atoms with van der Waals surface area (Å²) in [4.78, 5) is 23.5. The van der Waals surface area contributed by atoms with Gasteiger partial charge in [0, 0.05) is 19.3 Å². The highest BCUT2D eigenvalue weighted by molar-refractivity contribution is 5.94. The number of hydrogen-bond acceptors (Lipinski definition) is 4. The number of carbonyl (C=O) groups excluding carboxylic acids is 1. The molecule has 2 fully saturated rings. The van der Waals surface area contributed by atoms with Crippen LogP contribution in [0.15, 0.2) is 6.20 Å². The van der Waals surface area contributed by atoms with E-state index in [1.165, 1.54) is 19.3 Å². The van der Waals surface area contributed by atoms with Gasteiger partial charge in [0.1, 0.15) is 5.82 Å². The van der Waals surface area contributed by atoms with E-state index in [0.717, 1.165) is 50.4 Å². The van der Waals surface area contributed by atoms with Gasteiger partial charge in [0.2, 0.25) is 0 Å². The Bertz CT molecular complexity index is 505. The minimum absolute atomic E-state index is 0.0929. The number of amides is 1. The summed E-state index contributed by atoms with van der Waals surface area (Å²) in [6.07, 6.45) is 8.69. The van der Waals surface area contributed by atoms with Crippen molar-refractivity contribution in [3.8, 4) is 0 Å². The first kappa shape index (κ1) is 14.4. The Hall–Kier alpha value is -1.49. The monoisotopic (exact) mass is 288 g/mol. The van der Waals surface area contributed by atoms with Crippen molar-refractivity contribution in [3.63, 3.8) is 0 Å². The molecule has 0 spiro atoms. The van der Waals surface area contributed by atoms with Gasteiger partial charge < -0.3 is 10.2 Å². The van der Waals surface area contributed by atoms with Crippen molar-refractivity contribution in [2.45, 2.75) is 51.5 Å². The second kappa shape index (κ2) is 6.52. The van der Waals surface area contributed by atoms with Gasteiger partial charge in [-0.1, -0.05) is 6.42 Å². The Morgan fingerprint density at radius 2 is 2.05 bits per heavy atom. The highest BCUT2D eigenvalue weighted by Gasteiger charge is 2.23. The molecule has 0 bridgehead atoms. The van der Waals surface area contributed by atoms with Gasteiger partial charge >= 0.3 is 0 Å². The largest absolute Gasteiger partial charge is 0.339 e. The van der Waals surface area contributed by atoms with Crippen LogP contribution in [0.1, 0.15) is 66.4 Å². The third kappa shape index (κ3) is 3.23. The van der Waals surface area contributed by atoms with Crippen molar-refractivity contribution in [1.82, 2.24) is 20.2 Å². The third-order valence-electron chi connectivity index (χ3n) is 4.49. The lowest BCUT2D eigenvalue weighted by atomic mass is 10.0. The van der Waals surface area contributed by atoms with E-state index in [1.54, 1.807) is 6.20 Å². The molecule has 2 saturated heterocycles. The number of rotatable bonds is 2. The Morgan fingerprint density at radius 1 is 1.24 bits per heavy atom. The highest BCUT2D eigenvalue weighted by Crippen LogP contribution is 2.21. The molecule has 0 aromatic carbocycles. The molecule has 3 heterocycles. The zero-order valence-electron chi connectivity index (χ0n) is 12.8. The molecule has 1 aromatic rings. The maximum absolute atomic E-state index is 12.5. The molecule has 1 N–H and O–H groups in total. The number of aryl methyl sites for hydroxylation is 1. The first-order valence-corrected chi connectivity index (χ1v) is 8.12. The van der Waals surface area contributed by atoms with E-state index in [1.807, 2.05) is 11.8 Å². The number of piperidine rings is 2. The van der Waals surface area contributed by atoms with E-state index in [4.69, 9.17) is 0 Å². The van der Waals surface area contributed by atoms with Crippen LogP contribution in [0.3, 0.4) is 0 Å². The zero-order valence-corrected chi connectivity index (χ0v) is 12.8. The van der Waals surface area contributed by atoms with E-state index in [-0.39, 0.29) is 11.9 Å². The molecule has 1 atom stereocenters. The maximum Gasteiger partial charge on any atom is 0.257 e. The molecule has 1 aromatic heterocycles. The Kier molecular flexibility index (Phi) is 4.48. The molecule has 0 radical (unpaired) electrons. The van der Waals surface area contributed by atoms with Crippen LogP contribution in [0.2, 0.25) is 0 Å². The standard InChI is InChI=1S/C16H24N4O/c1-12-13(16(21)20-9-5-2-6-10-20)11-18-15(19-12)14-7-3-4-8-17-14/h11,14,17H,2-10H2,1H3/t14-/m1/s1. The number of hydrogen-bond donors (Lipinski definition) is 1. The fraction of sp³-hybridized carbons (Fsp3) is 0.688. The molecule has 2 aliphatic rings. The summed E-state index contributed by atoms with van der Waals surface area (Å²) in [6, 6.07) is 0.247. The Balaban J connectivity index is 1.75. The van der Waals surface area contributed by atoms with Crippen LogP contribution in [0.4, 0.5) is 0 Å². The van der Waals surface area contributed by atoms with Gasteiger partial charge in [-0.05, 0) is 45.6 Å². The van der Waals surface area contributed by atoms with Gasteiger partial charge in [0.15, 0.2) is 0 Å². The quantitative estimate of drug-likeness (QED) is 0.906. The van der Waals surface area contributed by atoms with E-state index in [0.29, 0.717) is 5.56 Å². The highest BCUT2D eigenvalue weighted by atomic mass is 16.2. The zero-order chi connectivity index (χ0) is 14.7. The lowest BCUT2D eigenvalue weighted by Gasteiger charge is -2.27. The molecule has 0 saturated carbocycles. The molecule has 114 valence electrons. The summed E-state index contributed by atoms with van der Waals surface area (Å²) in [5.41, 5.74) is 1.47. The SMILES string of the molecule is Cc1nc([C@H]2CCCCN2)ncc1C(=O)N1CCCCC1. The van der Waals surface area contributed by atoms with Crippen molar-refractivity contribution in [2.24, 2.45) is 0 Å². The van der Waals surface area contributed by atoms with Crippen molar-refractivity contribution in [2.75, 3.05) is 19.6 Å². The van der Waals surface area contributed by atoms with Crippen LogP contribution in [0.25, 0.3) is 0 Å². The average Bonchev–Trinajstić information content (AvgIpc) is 2.56. The fourth-order valence-electron chi connectivity index (χ4n) is 3.20. The summed E-state index contributed by atoms with van der Waals surface area (Å²) < 4.78 is 0. The number of nitrogens with one attached hydrogen (secondary N) is 1. The molecule has 0 unspecified atom stereocenters. The van der Waals surface area contributed by atoms with E-state index in [9.17, 15) is 4.79 Å². The predicted molar refractivity (Wildman–Crippen MR) is 81.1 cm³/mol. The van der Waals surface area contributed by atoms with Crippen molar-refractivity contribution in [3.05, 3.63) is 23.3 Å². The lowest BCUT2D eigenvalue weighted by molar-refractivity contribution is 0.0722. The van der Waals surface area contributed by atoms with Crippen LogP contribution >= 0.6 is 0 Å². The van der Waals surface area contributed by atoms with Gasteiger partial charge in [-0.15, -0.1) is 0 Å². The van der Waals surface area contributed by atoms with Crippen LogP contribution < -0.4 is 5.32 Å². The fourth-order valence-corrected chi connectivity index (χ4v) is 3.20.